The standard InChI is InChI=1S/C14H21NO2/c1-17-12-11-15-10-4-2-3-5-13-6-8-14(16)9-7-13/h2-3,6-9,15-16H,4-5,10-12H2,1H3. The average Bonchev–Trinajstić information content (AvgIpc) is 2.35. The van der Waals surface area contributed by atoms with Crippen LogP contribution >= 0.6 is 0 Å². The van der Waals surface area contributed by atoms with E-state index in [2.05, 4.69) is 17.5 Å². The van der Waals surface area contributed by atoms with Gasteiger partial charge in [0.15, 0.2) is 0 Å². The molecule has 0 heterocycles. The summed E-state index contributed by atoms with van der Waals surface area (Å²) in [5.74, 6) is 0.320. The van der Waals surface area contributed by atoms with E-state index in [0.717, 1.165) is 32.5 Å². The molecule has 17 heavy (non-hydrogen) atoms. The van der Waals surface area contributed by atoms with Gasteiger partial charge >= 0.3 is 0 Å². The molecule has 1 rings (SSSR count). The molecule has 1 aromatic carbocycles. The van der Waals surface area contributed by atoms with Gasteiger partial charge in [-0.05, 0) is 37.1 Å². The molecule has 0 radical (unpaired) electrons. The number of nitrogens with one attached hydrogen (secondary N) is 1. The summed E-state index contributed by atoms with van der Waals surface area (Å²) in [6.07, 6.45) is 6.27. The minimum absolute atomic E-state index is 0.320. The van der Waals surface area contributed by atoms with Gasteiger partial charge in [-0.2, -0.15) is 0 Å². The number of hydrogen-bond donors (Lipinski definition) is 2. The second-order valence-corrected chi connectivity index (χ2v) is 3.87. The van der Waals surface area contributed by atoms with Crippen molar-refractivity contribution in [1.82, 2.24) is 5.32 Å². The largest absolute Gasteiger partial charge is 0.508 e. The van der Waals surface area contributed by atoms with Gasteiger partial charge in [-0.25, -0.2) is 0 Å². The molecular formula is C14H21NO2. The molecule has 0 bridgehead atoms. The zero-order valence-electron chi connectivity index (χ0n) is 10.4. The maximum Gasteiger partial charge on any atom is 0.115 e. The number of phenols is 1. The Morgan fingerprint density at radius 2 is 1.94 bits per heavy atom. The first-order chi connectivity index (χ1) is 8.33. The Kier molecular flexibility index (Phi) is 7.11. The molecule has 0 saturated heterocycles. The van der Waals surface area contributed by atoms with Crippen molar-refractivity contribution in [3.63, 3.8) is 0 Å². The van der Waals surface area contributed by atoms with Gasteiger partial charge in [0, 0.05) is 13.7 Å². The van der Waals surface area contributed by atoms with Crippen LogP contribution in [-0.2, 0) is 11.2 Å². The van der Waals surface area contributed by atoms with Crippen molar-refractivity contribution < 1.29 is 9.84 Å². The highest BCUT2D eigenvalue weighted by atomic mass is 16.5. The summed E-state index contributed by atoms with van der Waals surface area (Å²) in [5.41, 5.74) is 1.21. The molecule has 0 aliphatic rings. The first kappa shape index (κ1) is 13.7. The summed E-state index contributed by atoms with van der Waals surface area (Å²) in [5, 5.41) is 12.4. The van der Waals surface area contributed by atoms with Crippen LogP contribution in [0.25, 0.3) is 0 Å². The highest BCUT2D eigenvalue weighted by Gasteiger charge is 1.90. The predicted molar refractivity (Wildman–Crippen MR) is 70.3 cm³/mol. The molecule has 3 heteroatoms. The number of phenolic OH excluding ortho intramolecular Hbond substituents is 1. The Labute approximate surface area is 103 Å². The van der Waals surface area contributed by atoms with Crippen molar-refractivity contribution in [3.8, 4) is 5.75 Å². The van der Waals surface area contributed by atoms with Crippen LogP contribution in [0.5, 0.6) is 5.75 Å². The van der Waals surface area contributed by atoms with E-state index in [1.54, 1.807) is 19.2 Å². The molecule has 2 N–H and O–H groups in total. The molecule has 0 unspecified atom stereocenters. The SMILES string of the molecule is COCCNCCC=CCc1ccc(O)cc1. The average molecular weight is 235 g/mol. The molecular weight excluding hydrogens is 214 g/mol. The van der Waals surface area contributed by atoms with Crippen LogP contribution in [0.4, 0.5) is 0 Å². The van der Waals surface area contributed by atoms with Crippen LogP contribution in [0.1, 0.15) is 12.0 Å². The minimum atomic E-state index is 0.320. The number of hydrogen-bond acceptors (Lipinski definition) is 3. The lowest BCUT2D eigenvalue weighted by molar-refractivity contribution is 0.199. The van der Waals surface area contributed by atoms with E-state index in [-0.39, 0.29) is 0 Å². The Morgan fingerprint density at radius 3 is 2.65 bits per heavy atom. The van der Waals surface area contributed by atoms with E-state index in [0.29, 0.717) is 5.75 Å². The van der Waals surface area contributed by atoms with E-state index in [1.165, 1.54) is 5.56 Å². The zero-order valence-corrected chi connectivity index (χ0v) is 10.4. The van der Waals surface area contributed by atoms with E-state index in [9.17, 15) is 0 Å². The molecule has 94 valence electrons. The van der Waals surface area contributed by atoms with Gasteiger partial charge in [-0.3, -0.25) is 0 Å². The third-order valence-corrected chi connectivity index (χ3v) is 2.43. The topological polar surface area (TPSA) is 41.5 Å². The fraction of sp³-hybridized carbons (Fsp3) is 0.429. The van der Waals surface area contributed by atoms with E-state index < -0.39 is 0 Å². The molecule has 1 aromatic rings. The molecule has 3 nitrogen and oxygen atoms in total. The van der Waals surface area contributed by atoms with Crippen LogP contribution < -0.4 is 5.32 Å². The van der Waals surface area contributed by atoms with Crippen LogP contribution in [0.2, 0.25) is 0 Å². The lowest BCUT2D eigenvalue weighted by Crippen LogP contribution is -2.19. The molecule has 0 fully saturated rings. The molecule has 0 aliphatic carbocycles. The number of ether oxygens (including phenoxy) is 1. The Bertz CT molecular complexity index is 319. The second-order valence-electron chi connectivity index (χ2n) is 3.87. The van der Waals surface area contributed by atoms with E-state index >= 15 is 0 Å². The number of methoxy groups -OCH3 is 1. The van der Waals surface area contributed by atoms with Crippen LogP contribution in [0, 0.1) is 0 Å². The zero-order chi connectivity index (χ0) is 12.3. The molecule has 0 amide bonds. The Balaban J connectivity index is 2.07. The van der Waals surface area contributed by atoms with Crippen molar-refractivity contribution in [2.45, 2.75) is 12.8 Å². The van der Waals surface area contributed by atoms with Crippen LogP contribution in [-0.4, -0.2) is 31.9 Å². The minimum Gasteiger partial charge on any atom is -0.508 e. The van der Waals surface area contributed by atoms with Gasteiger partial charge in [0.1, 0.15) is 5.75 Å². The smallest absolute Gasteiger partial charge is 0.115 e. The lowest BCUT2D eigenvalue weighted by atomic mass is 10.1. The monoisotopic (exact) mass is 235 g/mol. The van der Waals surface area contributed by atoms with Gasteiger partial charge in [0.2, 0.25) is 0 Å². The summed E-state index contributed by atoms with van der Waals surface area (Å²) in [4.78, 5) is 0. The van der Waals surface area contributed by atoms with Crippen molar-refractivity contribution >= 4 is 0 Å². The third kappa shape index (κ3) is 6.76. The Morgan fingerprint density at radius 1 is 1.18 bits per heavy atom. The second kappa shape index (κ2) is 8.79. The van der Waals surface area contributed by atoms with Gasteiger partial charge in [0.05, 0.1) is 6.61 Å². The molecule has 0 aromatic heterocycles. The summed E-state index contributed by atoms with van der Waals surface area (Å²) < 4.78 is 4.94. The van der Waals surface area contributed by atoms with Crippen molar-refractivity contribution in [2.75, 3.05) is 26.8 Å². The molecule has 0 spiro atoms. The number of rotatable bonds is 8. The van der Waals surface area contributed by atoms with Gasteiger partial charge in [-0.15, -0.1) is 0 Å². The summed E-state index contributed by atoms with van der Waals surface area (Å²) >= 11 is 0. The Hall–Kier alpha value is -1.32. The fourth-order valence-corrected chi connectivity index (χ4v) is 1.45. The van der Waals surface area contributed by atoms with E-state index in [4.69, 9.17) is 9.84 Å². The maximum atomic E-state index is 9.13. The number of benzene rings is 1. The third-order valence-electron chi connectivity index (χ3n) is 2.43. The summed E-state index contributed by atoms with van der Waals surface area (Å²) in [6, 6.07) is 7.32. The lowest BCUT2D eigenvalue weighted by Gasteiger charge is -2.00. The van der Waals surface area contributed by atoms with Gasteiger partial charge in [-0.1, -0.05) is 24.3 Å². The first-order valence-electron chi connectivity index (χ1n) is 5.95. The summed E-state index contributed by atoms with van der Waals surface area (Å²) in [7, 11) is 1.71. The van der Waals surface area contributed by atoms with Crippen LogP contribution in [0.3, 0.4) is 0 Å². The van der Waals surface area contributed by atoms with Crippen molar-refractivity contribution in [3.05, 3.63) is 42.0 Å². The maximum absolute atomic E-state index is 9.13. The highest BCUT2D eigenvalue weighted by molar-refractivity contribution is 5.27. The van der Waals surface area contributed by atoms with Gasteiger partial charge < -0.3 is 15.2 Å². The van der Waals surface area contributed by atoms with Crippen molar-refractivity contribution in [2.24, 2.45) is 0 Å². The molecule has 0 saturated carbocycles. The number of allylic oxidation sites excluding steroid dienone is 1. The summed E-state index contributed by atoms with van der Waals surface area (Å²) in [6.45, 7) is 2.65. The number of aromatic hydroxyl groups is 1. The first-order valence-corrected chi connectivity index (χ1v) is 5.95. The van der Waals surface area contributed by atoms with Gasteiger partial charge in [0.25, 0.3) is 0 Å². The van der Waals surface area contributed by atoms with E-state index in [1.807, 2.05) is 12.1 Å². The fourth-order valence-electron chi connectivity index (χ4n) is 1.45. The van der Waals surface area contributed by atoms with Crippen LogP contribution in [0.15, 0.2) is 36.4 Å². The normalized spacial score (nSPS) is 11.1. The molecule has 0 aliphatic heterocycles. The quantitative estimate of drug-likeness (QED) is 0.535. The predicted octanol–water partition coefficient (Wildman–Crippen LogP) is 2.12. The molecule has 0 atom stereocenters. The van der Waals surface area contributed by atoms with Crippen molar-refractivity contribution in [1.29, 1.82) is 0 Å². The highest BCUT2D eigenvalue weighted by Crippen LogP contribution is 2.10.